The van der Waals surface area contributed by atoms with Gasteiger partial charge >= 0.3 is 0 Å². The van der Waals surface area contributed by atoms with Gasteiger partial charge in [0.2, 0.25) is 11.6 Å². The van der Waals surface area contributed by atoms with E-state index in [4.69, 9.17) is 10.00 Å². The van der Waals surface area contributed by atoms with Crippen LogP contribution in [0.1, 0.15) is 58.6 Å². The second kappa shape index (κ2) is 7.40. The average Bonchev–Trinajstić information content (AvgIpc) is 2.48. The quantitative estimate of drug-likeness (QED) is 0.922. The molecule has 0 unspecified atom stereocenters. The van der Waals surface area contributed by atoms with Crippen LogP contribution < -0.4 is 10.1 Å². The monoisotopic (exact) mass is 316 g/mol. The highest BCUT2D eigenvalue weighted by Crippen LogP contribution is 2.25. The third kappa shape index (κ3) is 5.51. The molecule has 124 valence electrons. The Morgan fingerprint density at radius 1 is 1.30 bits per heavy atom. The lowest BCUT2D eigenvalue weighted by molar-refractivity contribution is -0.123. The first-order valence-corrected chi connectivity index (χ1v) is 8.04. The minimum absolute atomic E-state index is 0.00404. The van der Waals surface area contributed by atoms with Crippen LogP contribution in [-0.4, -0.2) is 28.0 Å². The highest BCUT2D eigenvalue weighted by Gasteiger charge is 2.26. The lowest BCUT2D eigenvalue weighted by atomic mass is 9.90. The van der Waals surface area contributed by atoms with Crippen LogP contribution in [0.15, 0.2) is 12.4 Å². The predicted octanol–water partition coefficient (Wildman–Crippen LogP) is 2.59. The van der Waals surface area contributed by atoms with E-state index in [2.05, 4.69) is 36.1 Å². The van der Waals surface area contributed by atoms with Crippen LogP contribution in [-0.2, 0) is 4.79 Å². The number of hydrogen-bond acceptors (Lipinski definition) is 5. The summed E-state index contributed by atoms with van der Waals surface area (Å²) in [5.41, 5.74) is 0.220. The van der Waals surface area contributed by atoms with E-state index >= 15 is 0 Å². The van der Waals surface area contributed by atoms with Crippen molar-refractivity contribution in [2.24, 2.45) is 5.41 Å². The first-order valence-electron chi connectivity index (χ1n) is 8.04. The number of carbonyl (C=O) groups excluding carboxylic acids is 1. The highest BCUT2D eigenvalue weighted by molar-refractivity contribution is 5.76. The van der Waals surface area contributed by atoms with Gasteiger partial charge in [0.25, 0.3) is 5.88 Å². The normalized spacial score (nSPS) is 21.3. The fourth-order valence-electron chi connectivity index (χ4n) is 2.73. The Balaban J connectivity index is 1.80. The predicted molar refractivity (Wildman–Crippen MR) is 85.6 cm³/mol. The molecule has 2 rings (SSSR count). The summed E-state index contributed by atoms with van der Waals surface area (Å²) in [6, 6.07) is 2.20. The number of rotatable bonds is 4. The van der Waals surface area contributed by atoms with E-state index in [-0.39, 0.29) is 29.2 Å². The second-order valence-corrected chi connectivity index (χ2v) is 7.22. The number of aromatic nitrogens is 2. The van der Waals surface area contributed by atoms with Crippen LogP contribution in [0.2, 0.25) is 0 Å². The minimum Gasteiger partial charge on any atom is -0.472 e. The molecule has 0 radical (unpaired) electrons. The number of nitrogens with one attached hydrogen (secondary N) is 1. The molecule has 0 saturated heterocycles. The summed E-state index contributed by atoms with van der Waals surface area (Å²) in [6.45, 7) is 6.18. The van der Waals surface area contributed by atoms with Gasteiger partial charge in [-0.1, -0.05) is 20.8 Å². The molecular weight excluding hydrogens is 292 g/mol. The lowest BCUT2D eigenvalue weighted by Crippen LogP contribution is -2.40. The van der Waals surface area contributed by atoms with Crippen molar-refractivity contribution in [3.8, 4) is 11.9 Å². The molecule has 1 aromatic heterocycles. The molecule has 0 aliphatic heterocycles. The van der Waals surface area contributed by atoms with Crippen molar-refractivity contribution < 1.29 is 9.53 Å². The molecule has 0 spiro atoms. The standard InChI is InChI=1S/C17H24N4O2/c1-17(2,3)10-15(22)21-12-4-6-13(7-5-12)23-16-14(11-18)19-8-9-20-16/h8-9,12-13H,4-7,10H2,1-3H3,(H,21,22). The smallest absolute Gasteiger partial charge is 0.251 e. The number of ether oxygens (including phenoxy) is 1. The van der Waals surface area contributed by atoms with E-state index in [1.54, 1.807) is 0 Å². The Kier molecular flexibility index (Phi) is 5.54. The van der Waals surface area contributed by atoms with Gasteiger partial charge in [-0.25, -0.2) is 9.97 Å². The van der Waals surface area contributed by atoms with Gasteiger partial charge in [-0.15, -0.1) is 0 Å². The SMILES string of the molecule is CC(C)(C)CC(=O)NC1CCC(Oc2nccnc2C#N)CC1. The molecular formula is C17H24N4O2. The molecule has 1 heterocycles. The van der Waals surface area contributed by atoms with Crippen molar-refractivity contribution in [2.45, 2.75) is 65.0 Å². The molecule has 1 aliphatic rings. The van der Waals surface area contributed by atoms with E-state index in [1.807, 2.05) is 6.07 Å². The summed E-state index contributed by atoms with van der Waals surface area (Å²) < 4.78 is 5.80. The number of hydrogen-bond donors (Lipinski definition) is 1. The molecule has 1 N–H and O–H groups in total. The van der Waals surface area contributed by atoms with Crippen LogP contribution in [0.5, 0.6) is 5.88 Å². The van der Waals surface area contributed by atoms with Gasteiger partial charge in [0, 0.05) is 24.9 Å². The van der Waals surface area contributed by atoms with Gasteiger partial charge in [-0.3, -0.25) is 4.79 Å². The molecule has 6 heteroatoms. The van der Waals surface area contributed by atoms with Gasteiger partial charge in [0.1, 0.15) is 12.2 Å². The van der Waals surface area contributed by atoms with Crippen molar-refractivity contribution in [3.63, 3.8) is 0 Å². The molecule has 1 aliphatic carbocycles. The summed E-state index contributed by atoms with van der Waals surface area (Å²) in [4.78, 5) is 20.0. The summed E-state index contributed by atoms with van der Waals surface area (Å²) in [7, 11) is 0. The van der Waals surface area contributed by atoms with Gasteiger partial charge in [-0.05, 0) is 31.1 Å². The van der Waals surface area contributed by atoms with Crippen LogP contribution in [0, 0.1) is 16.7 Å². The topological polar surface area (TPSA) is 87.9 Å². The fourth-order valence-corrected chi connectivity index (χ4v) is 2.73. The van der Waals surface area contributed by atoms with Crippen LogP contribution in [0.25, 0.3) is 0 Å². The van der Waals surface area contributed by atoms with E-state index < -0.39 is 0 Å². The lowest BCUT2D eigenvalue weighted by Gasteiger charge is -2.30. The zero-order valence-electron chi connectivity index (χ0n) is 14.0. The van der Waals surface area contributed by atoms with Crippen molar-refractivity contribution in [3.05, 3.63) is 18.1 Å². The molecule has 1 aromatic rings. The molecule has 0 bridgehead atoms. The zero-order chi connectivity index (χ0) is 16.9. The molecule has 1 fully saturated rings. The summed E-state index contributed by atoms with van der Waals surface area (Å²) in [5.74, 6) is 0.415. The van der Waals surface area contributed by atoms with E-state index in [0.717, 1.165) is 25.7 Å². The Bertz CT molecular complexity index is 581. The van der Waals surface area contributed by atoms with Gasteiger partial charge in [0.15, 0.2) is 0 Å². The maximum Gasteiger partial charge on any atom is 0.251 e. The molecule has 1 saturated carbocycles. The zero-order valence-corrected chi connectivity index (χ0v) is 14.0. The third-order valence-corrected chi connectivity index (χ3v) is 3.78. The van der Waals surface area contributed by atoms with Crippen molar-refractivity contribution in [2.75, 3.05) is 0 Å². The molecule has 1 amide bonds. The van der Waals surface area contributed by atoms with E-state index in [1.165, 1.54) is 12.4 Å². The largest absolute Gasteiger partial charge is 0.472 e. The Morgan fingerprint density at radius 2 is 1.96 bits per heavy atom. The first-order chi connectivity index (χ1) is 10.9. The molecule has 0 atom stereocenters. The number of nitrogens with zero attached hydrogens (tertiary/aromatic N) is 3. The number of amides is 1. The van der Waals surface area contributed by atoms with E-state index in [9.17, 15) is 4.79 Å². The van der Waals surface area contributed by atoms with Crippen molar-refractivity contribution in [1.82, 2.24) is 15.3 Å². The second-order valence-electron chi connectivity index (χ2n) is 7.22. The molecule has 6 nitrogen and oxygen atoms in total. The summed E-state index contributed by atoms with van der Waals surface area (Å²) in [6.07, 6.45) is 6.99. The fraction of sp³-hybridized carbons (Fsp3) is 0.647. The number of nitriles is 1. The molecule has 0 aromatic carbocycles. The number of carbonyl (C=O) groups is 1. The highest BCUT2D eigenvalue weighted by atomic mass is 16.5. The average molecular weight is 316 g/mol. The van der Waals surface area contributed by atoms with Crippen LogP contribution >= 0.6 is 0 Å². The van der Waals surface area contributed by atoms with Crippen LogP contribution in [0.4, 0.5) is 0 Å². The van der Waals surface area contributed by atoms with Crippen molar-refractivity contribution >= 4 is 5.91 Å². The minimum atomic E-state index is 0.00404. The third-order valence-electron chi connectivity index (χ3n) is 3.78. The Labute approximate surface area is 137 Å². The maximum absolute atomic E-state index is 12.0. The Hall–Kier alpha value is -2.16. The summed E-state index contributed by atoms with van der Waals surface area (Å²) >= 11 is 0. The van der Waals surface area contributed by atoms with E-state index in [0.29, 0.717) is 12.3 Å². The van der Waals surface area contributed by atoms with Gasteiger partial charge in [-0.2, -0.15) is 5.26 Å². The maximum atomic E-state index is 12.0. The van der Waals surface area contributed by atoms with Crippen molar-refractivity contribution in [1.29, 1.82) is 5.26 Å². The van der Waals surface area contributed by atoms with Crippen LogP contribution in [0.3, 0.4) is 0 Å². The molecule has 23 heavy (non-hydrogen) atoms. The summed E-state index contributed by atoms with van der Waals surface area (Å²) in [5, 5.41) is 12.1. The van der Waals surface area contributed by atoms with Gasteiger partial charge in [0.05, 0.1) is 0 Å². The first kappa shape index (κ1) is 17.2. The van der Waals surface area contributed by atoms with Gasteiger partial charge < -0.3 is 10.1 Å². The Morgan fingerprint density at radius 3 is 2.57 bits per heavy atom.